The first-order valence-corrected chi connectivity index (χ1v) is 8.34. The minimum Gasteiger partial charge on any atom is -0.480 e. The van der Waals surface area contributed by atoms with E-state index in [2.05, 4.69) is 5.32 Å². The van der Waals surface area contributed by atoms with Gasteiger partial charge in [-0.3, -0.25) is 4.79 Å². The van der Waals surface area contributed by atoms with Gasteiger partial charge in [-0.2, -0.15) is 0 Å². The summed E-state index contributed by atoms with van der Waals surface area (Å²) in [5.41, 5.74) is 1.12. The summed E-state index contributed by atoms with van der Waals surface area (Å²) in [5.74, 6) is -0.714. The summed E-state index contributed by atoms with van der Waals surface area (Å²) in [7, 11) is 0. The summed E-state index contributed by atoms with van der Waals surface area (Å²) in [4.78, 5) is 23.2. The molecule has 2 rings (SSSR count). The number of amides is 1. The maximum atomic E-state index is 11.6. The van der Waals surface area contributed by atoms with Crippen molar-refractivity contribution in [1.82, 2.24) is 5.32 Å². The zero-order valence-electron chi connectivity index (χ0n) is 13.3. The number of hydrogen-bond donors (Lipinski definition) is 1. The van der Waals surface area contributed by atoms with E-state index in [1.807, 2.05) is 30.3 Å². The number of hydrogen-bond acceptors (Lipinski definition) is 4. The molecule has 0 spiro atoms. The molecule has 25 heavy (non-hydrogen) atoms. The average Bonchev–Trinajstić information content (AvgIpc) is 2.60. The highest BCUT2D eigenvalue weighted by molar-refractivity contribution is 6.35. The molecule has 1 N–H and O–H groups in total. The van der Waals surface area contributed by atoms with Crippen LogP contribution in [0.25, 0.3) is 0 Å². The summed E-state index contributed by atoms with van der Waals surface area (Å²) < 4.78 is 10.1. The number of nitrogens with one attached hydrogen (secondary N) is 1. The Kier molecular flexibility index (Phi) is 7.57. The van der Waals surface area contributed by atoms with Gasteiger partial charge in [-0.05, 0) is 30.2 Å². The summed E-state index contributed by atoms with van der Waals surface area (Å²) >= 11 is 11.7. The van der Waals surface area contributed by atoms with E-state index in [0.29, 0.717) is 28.8 Å². The molecule has 1 amide bonds. The molecule has 0 fully saturated rings. The van der Waals surface area contributed by atoms with Crippen LogP contribution in [0, 0.1) is 0 Å². The van der Waals surface area contributed by atoms with E-state index in [4.69, 9.17) is 32.7 Å². The topological polar surface area (TPSA) is 64.6 Å². The average molecular weight is 382 g/mol. The first-order chi connectivity index (χ1) is 12.0. The number of carbonyl (C=O) groups is 2. The molecule has 0 aliphatic carbocycles. The number of halogens is 2. The quantitative estimate of drug-likeness (QED) is 0.712. The van der Waals surface area contributed by atoms with Gasteiger partial charge in [0, 0.05) is 11.6 Å². The zero-order chi connectivity index (χ0) is 18.1. The molecule has 0 saturated carbocycles. The van der Waals surface area contributed by atoms with Crippen LogP contribution in [0.15, 0.2) is 48.5 Å². The monoisotopic (exact) mass is 381 g/mol. The standard InChI is InChI=1S/C18H17Cl2NO4/c19-14-6-7-16(15(20)10-14)24-12-18(23)25-11-17(22)21-9-8-13-4-2-1-3-5-13/h1-7,10H,8-9,11-12H2,(H,21,22). The van der Waals surface area contributed by atoms with Gasteiger partial charge in [0.25, 0.3) is 5.91 Å². The predicted octanol–water partition coefficient (Wildman–Crippen LogP) is 3.27. The molecule has 0 radical (unpaired) electrons. The van der Waals surface area contributed by atoms with E-state index < -0.39 is 5.97 Å². The van der Waals surface area contributed by atoms with E-state index >= 15 is 0 Å². The lowest BCUT2D eigenvalue weighted by molar-refractivity contribution is -0.150. The van der Waals surface area contributed by atoms with Crippen molar-refractivity contribution in [2.75, 3.05) is 19.8 Å². The van der Waals surface area contributed by atoms with Crippen LogP contribution in [-0.4, -0.2) is 31.6 Å². The molecule has 0 heterocycles. The van der Waals surface area contributed by atoms with Gasteiger partial charge in [0.05, 0.1) is 5.02 Å². The van der Waals surface area contributed by atoms with Crippen LogP contribution in [0.4, 0.5) is 0 Å². The highest BCUT2D eigenvalue weighted by Crippen LogP contribution is 2.27. The summed E-state index contributed by atoms with van der Waals surface area (Å²) in [5, 5.41) is 3.44. The molecule has 7 heteroatoms. The third-order valence-corrected chi connectivity index (χ3v) is 3.71. The summed E-state index contributed by atoms with van der Waals surface area (Å²) in [6, 6.07) is 14.4. The first kappa shape index (κ1) is 19.1. The Balaban J connectivity index is 1.63. The molecule has 0 atom stereocenters. The van der Waals surface area contributed by atoms with Gasteiger partial charge in [0.1, 0.15) is 5.75 Å². The Labute approximate surface area is 155 Å². The van der Waals surface area contributed by atoms with Crippen molar-refractivity contribution in [1.29, 1.82) is 0 Å². The van der Waals surface area contributed by atoms with Crippen molar-refractivity contribution < 1.29 is 19.1 Å². The second-order valence-electron chi connectivity index (χ2n) is 5.11. The fourth-order valence-electron chi connectivity index (χ4n) is 1.96. The Hall–Kier alpha value is -2.24. The fourth-order valence-corrected chi connectivity index (χ4v) is 2.42. The van der Waals surface area contributed by atoms with Crippen LogP contribution in [-0.2, 0) is 20.7 Å². The van der Waals surface area contributed by atoms with E-state index in [1.165, 1.54) is 6.07 Å². The van der Waals surface area contributed by atoms with Gasteiger partial charge in [0.2, 0.25) is 0 Å². The van der Waals surface area contributed by atoms with Gasteiger partial charge >= 0.3 is 5.97 Å². The van der Waals surface area contributed by atoms with Crippen LogP contribution < -0.4 is 10.1 Å². The van der Waals surface area contributed by atoms with Crippen molar-refractivity contribution in [3.63, 3.8) is 0 Å². The number of carbonyl (C=O) groups excluding carboxylic acids is 2. The smallest absolute Gasteiger partial charge is 0.344 e. The number of rotatable bonds is 8. The Morgan fingerprint density at radius 1 is 1.00 bits per heavy atom. The van der Waals surface area contributed by atoms with Gasteiger partial charge in [-0.1, -0.05) is 53.5 Å². The van der Waals surface area contributed by atoms with Crippen molar-refractivity contribution in [2.45, 2.75) is 6.42 Å². The molecule has 132 valence electrons. The van der Waals surface area contributed by atoms with Crippen molar-refractivity contribution in [3.8, 4) is 5.75 Å². The van der Waals surface area contributed by atoms with Crippen LogP contribution >= 0.6 is 23.2 Å². The van der Waals surface area contributed by atoms with E-state index in [-0.39, 0.29) is 19.1 Å². The lowest BCUT2D eigenvalue weighted by Gasteiger charge is -2.09. The molecule has 0 aliphatic rings. The lowest BCUT2D eigenvalue weighted by Crippen LogP contribution is -2.31. The van der Waals surface area contributed by atoms with Crippen molar-refractivity contribution >= 4 is 35.1 Å². The molecule has 0 bridgehead atoms. The number of esters is 1. The van der Waals surface area contributed by atoms with Crippen LogP contribution in [0.1, 0.15) is 5.56 Å². The third kappa shape index (κ3) is 7.03. The molecular weight excluding hydrogens is 365 g/mol. The molecular formula is C18H17Cl2NO4. The Bertz CT molecular complexity index is 722. The van der Waals surface area contributed by atoms with E-state index in [1.54, 1.807) is 12.1 Å². The number of benzene rings is 2. The Morgan fingerprint density at radius 2 is 1.76 bits per heavy atom. The third-order valence-electron chi connectivity index (χ3n) is 3.18. The molecule has 0 aromatic heterocycles. The maximum Gasteiger partial charge on any atom is 0.344 e. The largest absolute Gasteiger partial charge is 0.480 e. The molecule has 0 aliphatic heterocycles. The van der Waals surface area contributed by atoms with E-state index in [0.717, 1.165) is 5.56 Å². The van der Waals surface area contributed by atoms with Gasteiger partial charge in [-0.25, -0.2) is 4.79 Å². The Morgan fingerprint density at radius 3 is 2.48 bits per heavy atom. The summed E-state index contributed by atoms with van der Waals surface area (Å²) in [6.07, 6.45) is 0.707. The fraction of sp³-hybridized carbons (Fsp3) is 0.222. The second-order valence-corrected chi connectivity index (χ2v) is 5.95. The van der Waals surface area contributed by atoms with Crippen molar-refractivity contribution in [2.24, 2.45) is 0 Å². The minimum absolute atomic E-state index is 0.291. The second kappa shape index (κ2) is 9.91. The van der Waals surface area contributed by atoms with Crippen molar-refractivity contribution in [3.05, 3.63) is 64.1 Å². The maximum absolute atomic E-state index is 11.6. The molecule has 0 unspecified atom stereocenters. The van der Waals surface area contributed by atoms with E-state index in [9.17, 15) is 9.59 Å². The van der Waals surface area contributed by atoms with Crippen LogP contribution in [0.2, 0.25) is 10.0 Å². The van der Waals surface area contributed by atoms with Gasteiger partial charge < -0.3 is 14.8 Å². The highest BCUT2D eigenvalue weighted by Gasteiger charge is 2.10. The molecule has 5 nitrogen and oxygen atoms in total. The first-order valence-electron chi connectivity index (χ1n) is 7.58. The number of ether oxygens (including phenoxy) is 2. The molecule has 0 saturated heterocycles. The van der Waals surface area contributed by atoms with Crippen LogP contribution in [0.3, 0.4) is 0 Å². The van der Waals surface area contributed by atoms with Gasteiger partial charge in [-0.15, -0.1) is 0 Å². The minimum atomic E-state index is -0.663. The SMILES string of the molecule is O=C(COC(=O)COc1ccc(Cl)cc1Cl)NCCc1ccccc1. The normalized spacial score (nSPS) is 10.2. The molecule has 2 aromatic rings. The summed E-state index contributed by atoms with van der Waals surface area (Å²) in [6.45, 7) is -0.235. The van der Waals surface area contributed by atoms with Gasteiger partial charge in [0.15, 0.2) is 13.2 Å². The van der Waals surface area contributed by atoms with Crippen LogP contribution in [0.5, 0.6) is 5.75 Å². The molecule has 2 aromatic carbocycles. The predicted molar refractivity (Wildman–Crippen MR) is 96.1 cm³/mol. The zero-order valence-corrected chi connectivity index (χ0v) is 14.8. The lowest BCUT2D eigenvalue weighted by atomic mass is 10.1. The highest BCUT2D eigenvalue weighted by atomic mass is 35.5.